The van der Waals surface area contributed by atoms with Crippen LogP contribution in [0, 0.1) is 5.92 Å². The summed E-state index contributed by atoms with van der Waals surface area (Å²) in [4.78, 5) is 14.9. The third kappa shape index (κ3) is 3.68. The van der Waals surface area contributed by atoms with Gasteiger partial charge in [-0.25, -0.2) is 0 Å². The predicted octanol–water partition coefficient (Wildman–Crippen LogP) is 3.97. The van der Waals surface area contributed by atoms with Gasteiger partial charge in [0, 0.05) is 24.0 Å². The Labute approximate surface area is 159 Å². The number of piperidine rings is 1. The van der Waals surface area contributed by atoms with Gasteiger partial charge in [-0.15, -0.1) is 0 Å². The van der Waals surface area contributed by atoms with Crippen molar-refractivity contribution >= 4 is 16.8 Å². The van der Waals surface area contributed by atoms with Crippen molar-refractivity contribution in [2.45, 2.75) is 26.3 Å². The average molecular weight is 363 g/mol. The number of rotatable bonds is 4. The molecule has 1 fully saturated rings. The molecule has 4 rings (SSSR count). The first-order valence-electron chi connectivity index (χ1n) is 9.52. The second kappa shape index (κ2) is 7.43. The van der Waals surface area contributed by atoms with E-state index in [1.54, 1.807) is 7.11 Å². The summed E-state index contributed by atoms with van der Waals surface area (Å²) in [6, 6.07) is 13.9. The molecule has 140 valence electrons. The topological polar surface area (TPSA) is 47.4 Å². The molecule has 1 aromatic heterocycles. The van der Waals surface area contributed by atoms with E-state index in [0.29, 0.717) is 12.5 Å². The van der Waals surface area contributed by atoms with Gasteiger partial charge in [0.2, 0.25) is 0 Å². The van der Waals surface area contributed by atoms with Crippen LogP contribution in [0.5, 0.6) is 5.75 Å². The molecule has 27 heavy (non-hydrogen) atoms. The average Bonchev–Trinajstić information content (AvgIpc) is 3.10. The summed E-state index contributed by atoms with van der Waals surface area (Å²) >= 11 is 0. The van der Waals surface area contributed by atoms with Crippen LogP contribution >= 0.6 is 0 Å². The second-order valence-electron chi connectivity index (χ2n) is 7.40. The highest BCUT2D eigenvalue weighted by Gasteiger charge is 2.22. The Kier molecular flexibility index (Phi) is 4.84. The quantitative estimate of drug-likeness (QED) is 0.705. The summed E-state index contributed by atoms with van der Waals surface area (Å²) in [5, 5.41) is 5.56. The van der Waals surface area contributed by atoms with Crippen LogP contribution in [0.1, 0.15) is 35.7 Å². The van der Waals surface area contributed by atoms with Crippen molar-refractivity contribution in [2.24, 2.45) is 5.92 Å². The molecule has 2 heterocycles. The molecule has 1 aliphatic heterocycles. The molecule has 1 amide bonds. The van der Waals surface area contributed by atoms with Gasteiger partial charge in [0.05, 0.1) is 25.4 Å². The standard InChI is InChI=1S/C22H25N3O2/c1-16-8-10-24(11-9-16)22(26)18-6-7-19-14-23-25(21(19)13-18)15-17-4-3-5-20(12-17)27-2/h3-7,12-14,16H,8-11,15H2,1-2H3. The van der Waals surface area contributed by atoms with E-state index in [9.17, 15) is 4.79 Å². The van der Waals surface area contributed by atoms with Gasteiger partial charge in [-0.3, -0.25) is 9.48 Å². The molecule has 0 spiro atoms. The molecule has 0 unspecified atom stereocenters. The molecule has 1 aliphatic rings. The Morgan fingerprint density at radius 2 is 2.00 bits per heavy atom. The van der Waals surface area contributed by atoms with Crippen LogP contribution in [0.15, 0.2) is 48.7 Å². The minimum Gasteiger partial charge on any atom is -0.497 e. The molecule has 5 heteroatoms. The fourth-order valence-corrected chi connectivity index (χ4v) is 3.67. The fraction of sp³-hybridized carbons (Fsp3) is 0.364. The highest BCUT2D eigenvalue weighted by molar-refractivity contribution is 5.97. The van der Waals surface area contributed by atoms with E-state index in [1.165, 1.54) is 0 Å². The highest BCUT2D eigenvalue weighted by Crippen LogP contribution is 2.22. The normalized spacial score (nSPS) is 15.3. The maximum Gasteiger partial charge on any atom is 0.253 e. The molecular formula is C22H25N3O2. The Morgan fingerprint density at radius 3 is 2.78 bits per heavy atom. The molecule has 0 bridgehead atoms. The third-order valence-electron chi connectivity index (χ3n) is 5.43. The summed E-state index contributed by atoms with van der Waals surface area (Å²) in [5.41, 5.74) is 2.83. The van der Waals surface area contributed by atoms with E-state index in [1.807, 2.05) is 52.2 Å². The number of likely N-dealkylation sites (tertiary alicyclic amines) is 1. The maximum absolute atomic E-state index is 12.9. The number of nitrogens with zero attached hydrogens (tertiary/aromatic N) is 3. The monoisotopic (exact) mass is 363 g/mol. The number of carbonyl (C=O) groups excluding carboxylic acids is 1. The maximum atomic E-state index is 12.9. The van der Waals surface area contributed by atoms with E-state index in [0.717, 1.165) is 53.7 Å². The first-order chi connectivity index (χ1) is 13.1. The van der Waals surface area contributed by atoms with Crippen molar-refractivity contribution in [3.8, 4) is 5.75 Å². The van der Waals surface area contributed by atoms with Gasteiger partial charge in [-0.2, -0.15) is 5.10 Å². The Balaban J connectivity index is 1.60. The van der Waals surface area contributed by atoms with E-state index in [2.05, 4.69) is 18.1 Å². The summed E-state index contributed by atoms with van der Waals surface area (Å²) < 4.78 is 7.25. The molecule has 1 saturated heterocycles. The summed E-state index contributed by atoms with van der Waals surface area (Å²) in [5.74, 6) is 1.66. The summed E-state index contributed by atoms with van der Waals surface area (Å²) in [7, 11) is 1.67. The lowest BCUT2D eigenvalue weighted by molar-refractivity contribution is 0.0697. The van der Waals surface area contributed by atoms with Crippen molar-refractivity contribution in [1.29, 1.82) is 0 Å². The van der Waals surface area contributed by atoms with Gasteiger partial charge in [-0.1, -0.05) is 25.1 Å². The van der Waals surface area contributed by atoms with Crippen molar-refractivity contribution in [2.75, 3.05) is 20.2 Å². The lowest BCUT2D eigenvalue weighted by Crippen LogP contribution is -2.37. The van der Waals surface area contributed by atoms with Crippen molar-refractivity contribution < 1.29 is 9.53 Å². The van der Waals surface area contributed by atoms with Crippen LogP contribution in [-0.2, 0) is 6.54 Å². The van der Waals surface area contributed by atoms with Crippen molar-refractivity contribution in [3.05, 3.63) is 59.8 Å². The number of hydrogen-bond acceptors (Lipinski definition) is 3. The van der Waals surface area contributed by atoms with Crippen molar-refractivity contribution in [1.82, 2.24) is 14.7 Å². The lowest BCUT2D eigenvalue weighted by Gasteiger charge is -2.30. The van der Waals surface area contributed by atoms with Crippen LogP contribution in [0.25, 0.3) is 10.9 Å². The van der Waals surface area contributed by atoms with Gasteiger partial charge in [-0.05, 0) is 48.6 Å². The number of methoxy groups -OCH3 is 1. The molecule has 0 atom stereocenters. The minimum atomic E-state index is 0.123. The Hall–Kier alpha value is -2.82. The van der Waals surface area contributed by atoms with E-state index < -0.39 is 0 Å². The zero-order valence-electron chi connectivity index (χ0n) is 15.9. The van der Waals surface area contributed by atoms with Crippen LogP contribution < -0.4 is 4.74 Å². The zero-order valence-corrected chi connectivity index (χ0v) is 15.9. The molecule has 3 aromatic rings. The Bertz CT molecular complexity index is 955. The number of fused-ring (bicyclic) bond motifs is 1. The fourth-order valence-electron chi connectivity index (χ4n) is 3.67. The number of hydrogen-bond donors (Lipinski definition) is 0. The van der Waals surface area contributed by atoms with Gasteiger partial charge >= 0.3 is 0 Å². The third-order valence-corrected chi connectivity index (χ3v) is 5.43. The van der Waals surface area contributed by atoms with E-state index in [-0.39, 0.29) is 5.91 Å². The SMILES string of the molecule is COc1cccc(Cn2ncc3ccc(C(=O)N4CCC(C)CC4)cc32)c1. The predicted molar refractivity (Wildman–Crippen MR) is 106 cm³/mol. The smallest absolute Gasteiger partial charge is 0.253 e. The number of ether oxygens (including phenoxy) is 1. The minimum absolute atomic E-state index is 0.123. The zero-order chi connectivity index (χ0) is 18.8. The summed E-state index contributed by atoms with van der Waals surface area (Å²) in [6.45, 7) is 4.59. The van der Waals surface area contributed by atoms with E-state index in [4.69, 9.17) is 4.74 Å². The largest absolute Gasteiger partial charge is 0.497 e. The number of amides is 1. The number of benzene rings is 2. The summed E-state index contributed by atoms with van der Waals surface area (Å²) in [6.07, 6.45) is 4.02. The number of carbonyl (C=O) groups is 1. The van der Waals surface area contributed by atoms with Crippen LogP contribution in [-0.4, -0.2) is 40.8 Å². The molecular weight excluding hydrogens is 338 g/mol. The van der Waals surface area contributed by atoms with Gasteiger partial charge in [0.15, 0.2) is 0 Å². The Morgan fingerprint density at radius 1 is 1.19 bits per heavy atom. The first kappa shape index (κ1) is 17.6. The van der Waals surface area contributed by atoms with Gasteiger partial charge in [0.25, 0.3) is 5.91 Å². The second-order valence-corrected chi connectivity index (χ2v) is 7.40. The number of aromatic nitrogens is 2. The molecule has 0 radical (unpaired) electrons. The lowest BCUT2D eigenvalue weighted by atomic mass is 9.98. The van der Waals surface area contributed by atoms with E-state index >= 15 is 0 Å². The van der Waals surface area contributed by atoms with Gasteiger partial charge in [0.1, 0.15) is 5.75 Å². The van der Waals surface area contributed by atoms with Crippen LogP contribution in [0.2, 0.25) is 0 Å². The van der Waals surface area contributed by atoms with Crippen LogP contribution in [0.4, 0.5) is 0 Å². The molecule has 0 N–H and O–H groups in total. The van der Waals surface area contributed by atoms with Crippen LogP contribution in [0.3, 0.4) is 0 Å². The highest BCUT2D eigenvalue weighted by atomic mass is 16.5. The van der Waals surface area contributed by atoms with Gasteiger partial charge < -0.3 is 9.64 Å². The molecule has 5 nitrogen and oxygen atoms in total. The first-order valence-corrected chi connectivity index (χ1v) is 9.52. The molecule has 0 aliphatic carbocycles. The molecule has 2 aromatic carbocycles. The molecule has 0 saturated carbocycles. The van der Waals surface area contributed by atoms with Crippen molar-refractivity contribution in [3.63, 3.8) is 0 Å².